The van der Waals surface area contributed by atoms with E-state index in [1.807, 2.05) is 53.7 Å². The highest BCUT2D eigenvalue weighted by Gasteiger charge is 2.26. The van der Waals surface area contributed by atoms with Crippen LogP contribution in [0.5, 0.6) is 0 Å². The summed E-state index contributed by atoms with van der Waals surface area (Å²) in [4.78, 5) is 16.2. The summed E-state index contributed by atoms with van der Waals surface area (Å²) in [5, 5.41) is 1.10. The summed E-state index contributed by atoms with van der Waals surface area (Å²) in [6.45, 7) is 0. The van der Waals surface area contributed by atoms with E-state index in [9.17, 15) is 4.79 Å². The van der Waals surface area contributed by atoms with Crippen LogP contribution in [0.1, 0.15) is 21.6 Å². The molecule has 4 nitrogen and oxygen atoms in total. The highest BCUT2D eigenvalue weighted by molar-refractivity contribution is 5.96. The average Bonchev–Trinajstić information content (AvgIpc) is 3.19. The molecule has 1 amide bonds. The first-order valence-corrected chi connectivity index (χ1v) is 8.07. The van der Waals surface area contributed by atoms with E-state index in [-0.39, 0.29) is 0 Å². The minimum Gasteiger partial charge on any atom is -0.366 e. The zero-order valence-electron chi connectivity index (χ0n) is 13.3. The highest BCUT2D eigenvalue weighted by atomic mass is 16.1. The van der Waals surface area contributed by atoms with Crippen LogP contribution in [-0.4, -0.2) is 15.5 Å². The van der Waals surface area contributed by atoms with Gasteiger partial charge in [-0.05, 0) is 23.8 Å². The van der Waals surface area contributed by atoms with Crippen LogP contribution in [0.2, 0.25) is 0 Å². The van der Waals surface area contributed by atoms with Crippen molar-refractivity contribution in [3.8, 4) is 16.8 Å². The summed E-state index contributed by atoms with van der Waals surface area (Å²) in [7, 11) is 0. The molecule has 0 bridgehead atoms. The molecular weight excluding hydrogens is 310 g/mol. The number of nitrogens with zero attached hydrogens (tertiary/aromatic N) is 2. The van der Waals surface area contributed by atoms with Gasteiger partial charge in [0.25, 0.3) is 5.91 Å². The number of amides is 1. The number of fused-ring (bicyclic) bond motifs is 4. The van der Waals surface area contributed by atoms with Gasteiger partial charge in [0.15, 0.2) is 0 Å². The van der Waals surface area contributed by atoms with Gasteiger partial charge < -0.3 is 10.3 Å². The van der Waals surface area contributed by atoms with E-state index in [1.165, 1.54) is 0 Å². The van der Waals surface area contributed by atoms with Crippen LogP contribution in [0.25, 0.3) is 27.7 Å². The smallest absolute Gasteiger partial charge is 0.250 e. The minimum absolute atomic E-state index is 0.410. The van der Waals surface area contributed by atoms with Gasteiger partial charge in [0.1, 0.15) is 0 Å². The van der Waals surface area contributed by atoms with Crippen molar-refractivity contribution in [3.05, 3.63) is 90.2 Å². The summed E-state index contributed by atoms with van der Waals surface area (Å²) in [5.74, 6) is -0.410. The Morgan fingerprint density at radius 1 is 1.04 bits per heavy atom. The second kappa shape index (κ2) is 5.05. The molecule has 5 rings (SSSR count). The van der Waals surface area contributed by atoms with E-state index >= 15 is 0 Å². The van der Waals surface area contributed by atoms with Gasteiger partial charge in [-0.1, -0.05) is 36.4 Å². The standard InChI is InChI=1S/C21H14N3O/c22-21(25)17-8-9-24-19(17)11-14-5-3-6-16(20(14)24)15-10-13-4-1-2-7-18(13)23-12-15/h1-12H,(H2,22,25). The lowest BCUT2D eigenvalue weighted by atomic mass is 9.99. The molecule has 0 unspecified atom stereocenters. The van der Waals surface area contributed by atoms with E-state index in [0.29, 0.717) is 5.56 Å². The molecule has 4 heteroatoms. The van der Waals surface area contributed by atoms with E-state index in [2.05, 4.69) is 23.2 Å². The summed E-state index contributed by atoms with van der Waals surface area (Å²) in [6, 6.07) is 18.1. The molecule has 0 aliphatic carbocycles. The zero-order valence-corrected chi connectivity index (χ0v) is 13.3. The van der Waals surface area contributed by atoms with Gasteiger partial charge in [-0.15, -0.1) is 0 Å². The number of primary amides is 1. The second-order valence-electron chi connectivity index (χ2n) is 6.15. The summed E-state index contributed by atoms with van der Waals surface area (Å²) < 4.78 is 2.03. The van der Waals surface area contributed by atoms with Crippen molar-refractivity contribution >= 4 is 16.8 Å². The van der Waals surface area contributed by atoms with Crippen LogP contribution in [0, 0.1) is 6.42 Å². The molecule has 2 aromatic heterocycles. The Morgan fingerprint density at radius 2 is 1.92 bits per heavy atom. The lowest BCUT2D eigenvalue weighted by Crippen LogP contribution is -2.12. The third kappa shape index (κ3) is 2.01. The van der Waals surface area contributed by atoms with Crippen molar-refractivity contribution in [3.63, 3.8) is 0 Å². The van der Waals surface area contributed by atoms with Gasteiger partial charge in [0.2, 0.25) is 0 Å². The van der Waals surface area contributed by atoms with Crippen LogP contribution in [0.3, 0.4) is 0 Å². The molecule has 4 aromatic rings. The maximum atomic E-state index is 11.7. The van der Waals surface area contributed by atoms with E-state index < -0.39 is 5.91 Å². The fourth-order valence-corrected chi connectivity index (χ4v) is 3.54. The number of carbonyl (C=O) groups excluding carboxylic acids is 1. The van der Waals surface area contributed by atoms with Gasteiger partial charge in [-0.25, -0.2) is 0 Å². The normalized spacial score (nSPS) is 12.2. The van der Waals surface area contributed by atoms with Gasteiger partial charge >= 0.3 is 0 Å². The van der Waals surface area contributed by atoms with Gasteiger partial charge in [-0.3, -0.25) is 9.78 Å². The maximum Gasteiger partial charge on any atom is 0.250 e. The van der Waals surface area contributed by atoms with E-state index in [1.54, 1.807) is 6.07 Å². The average molecular weight is 324 g/mol. The third-order valence-electron chi connectivity index (χ3n) is 4.69. The predicted molar refractivity (Wildman–Crippen MR) is 97.5 cm³/mol. The van der Waals surface area contributed by atoms with Crippen molar-refractivity contribution in [2.24, 2.45) is 5.73 Å². The van der Waals surface area contributed by atoms with Crippen molar-refractivity contribution in [2.45, 2.75) is 0 Å². The summed E-state index contributed by atoms with van der Waals surface area (Å²) >= 11 is 0. The Bertz CT molecular complexity index is 1160. The molecule has 2 N–H and O–H groups in total. The quantitative estimate of drug-likeness (QED) is 0.538. The number of aromatic nitrogens is 2. The molecule has 3 heterocycles. The number of hydrogen-bond donors (Lipinski definition) is 1. The van der Waals surface area contributed by atoms with Crippen LogP contribution in [0.4, 0.5) is 0 Å². The Labute approximate surface area is 144 Å². The lowest BCUT2D eigenvalue weighted by molar-refractivity contribution is 0.1000. The van der Waals surface area contributed by atoms with Crippen molar-refractivity contribution in [1.82, 2.24) is 9.55 Å². The molecule has 0 spiro atoms. The fraction of sp³-hybridized carbons (Fsp3) is 0. The number of para-hydroxylation sites is 2. The maximum absolute atomic E-state index is 11.7. The van der Waals surface area contributed by atoms with Crippen LogP contribution >= 0.6 is 0 Å². The number of rotatable bonds is 2. The number of carbonyl (C=O) groups is 1. The monoisotopic (exact) mass is 324 g/mol. The SMILES string of the molecule is NC(=O)c1ccn2c1[CH]c1cccc(-c3cnc4ccccc4c3)c1-2. The summed E-state index contributed by atoms with van der Waals surface area (Å²) in [5.41, 5.74) is 12.1. The van der Waals surface area contributed by atoms with Crippen molar-refractivity contribution in [2.75, 3.05) is 0 Å². The molecule has 0 fully saturated rings. The molecule has 0 atom stereocenters. The minimum atomic E-state index is -0.410. The van der Waals surface area contributed by atoms with E-state index in [4.69, 9.17) is 5.73 Å². The largest absolute Gasteiger partial charge is 0.366 e. The first-order valence-electron chi connectivity index (χ1n) is 8.07. The molecule has 0 saturated heterocycles. The Hall–Kier alpha value is -3.40. The Balaban J connectivity index is 1.74. The van der Waals surface area contributed by atoms with Gasteiger partial charge in [0, 0.05) is 41.0 Å². The highest BCUT2D eigenvalue weighted by Crippen LogP contribution is 2.39. The van der Waals surface area contributed by atoms with Gasteiger partial charge in [0.05, 0.1) is 16.8 Å². The van der Waals surface area contributed by atoms with Crippen LogP contribution in [0.15, 0.2) is 67.0 Å². The molecule has 1 aliphatic heterocycles. The number of pyridine rings is 1. The topological polar surface area (TPSA) is 60.9 Å². The van der Waals surface area contributed by atoms with Crippen molar-refractivity contribution in [1.29, 1.82) is 0 Å². The molecular formula is C21H14N3O. The first kappa shape index (κ1) is 14.0. The lowest BCUT2D eigenvalue weighted by Gasteiger charge is -2.11. The number of hydrogen-bond acceptors (Lipinski definition) is 2. The third-order valence-corrected chi connectivity index (χ3v) is 4.69. The summed E-state index contributed by atoms with van der Waals surface area (Å²) in [6.07, 6.45) is 5.80. The van der Waals surface area contributed by atoms with Gasteiger partial charge in [-0.2, -0.15) is 0 Å². The first-order chi connectivity index (χ1) is 12.2. The van der Waals surface area contributed by atoms with Crippen molar-refractivity contribution < 1.29 is 4.79 Å². The van der Waals surface area contributed by atoms with E-state index in [0.717, 1.165) is 39.0 Å². The molecule has 25 heavy (non-hydrogen) atoms. The Kier molecular flexibility index (Phi) is 2.82. The Morgan fingerprint density at radius 3 is 2.80 bits per heavy atom. The van der Waals surface area contributed by atoms with Crippen LogP contribution in [-0.2, 0) is 0 Å². The second-order valence-corrected chi connectivity index (χ2v) is 6.15. The fourth-order valence-electron chi connectivity index (χ4n) is 3.54. The molecule has 1 aliphatic rings. The molecule has 2 aromatic carbocycles. The molecule has 119 valence electrons. The molecule has 1 radical (unpaired) electrons. The number of nitrogens with two attached hydrogens (primary N) is 1. The van der Waals surface area contributed by atoms with Crippen LogP contribution < -0.4 is 5.73 Å². The molecule has 0 saturated carbocycles. The number of benzene rings is 2. The predicted octanol–water partition coefficient (Wildman–Crippen LogP) is 3.71. The zero-order chi connectivity index (χ0) is 17.0.